The van der Waals surface area contributed by atoms with Gasteiger partial charge in [-0.15, -0.1) is 0 Å². The lowest BCUT2D eigenvalue weighted by molar-refractivity contribution is -0.128. The van der Waals surface area contributed by atoms with Crippen LogP contribution in [0.15, 0.2) is 36.4 Å². The molecule has 1 heterocycles. The van der Waals surface area contributed by atoms with E-state index in [1.165, 1.54) is 7.11 Å². The molecule has 1 N–H and O–H groups in total. The predicted octanol–water partition coefficient (Wildman–Crippen LogP) is 2.75. The molecule has 1 unspecified atom stereocenters. The number of likely N-dealkylation sites (tertiary alicyclic amines) is 1. The number of nitrogens with one attached hydrogen (secondary N) is 1. The molecule has 3 rings (SSSR count). The van der Waals surface area contributed by atoms with E-state index in [0.29, 0.717) is 48.2 Å². The molecule has 0 spiro atoms. The monoisotopic (exact) mass is 428 g/mol. The number of hydrogen-bond donors (Lipinski definition) is 1. The van der Waals surface area contributed by atoms with Crippen molar-refractivity contribution in [2.24, 2.45) is 5.92 Å². The van der Waals surface area contributed by atoms with Crippen LogP contribution in [0.4, 0.5) is 5.69 Å². The van der Waals surface area contributed by atoms with E-state index < -0.39 is 5.92 Å². The van der Waals surface area contributed by atoms with Crippen LogP contribution in [0.5, 0.6) is 23.0 Å². The number of rotatable bonds is 9. The fourth-order valence-electron chi connectivity index (χ4n) is 3.61. The van der Waals surface area contributed by atoms with E-state index in [1.807, 2.05) is 18.2 Å². The highest BCUT2D eigenvalue weighted by Gasteiger charge is 2.34. The lowest BCUT2D eigenvalue weighted by Crippen LogP contribution is -2.30. The van der Waals surface area contributed by atoms with Gasteiger partial charge in [0.05, 0.1) is 40.0 Å². The van der Waals surface area contributed by atoms with Crippen LogP contribution in [0.2, 0.25) is 0 Å². The number of amides is 2. The molecule has 0 bridgehead atoms. The Labute approximate surface area is 182 Å². The number of carbonyl (C=O) groups is 2. The fourth-order valence-corrected chi connectivity index (χ4v) is 3.61. The van der Waals surface area contributed by atoms with Gasteiger partial charge < -0.3 is 29.2 Å². The minimum Gasteiger partial charge on any atom is -0.497 e. The maximum atomic E-state index is 12.8. The molecule has 2 aromatic rings. The number of carbonyl (C=O) groups excluding carboxylic acids is 2. The first-order valence-corrected chi connectivity index (χ1v) is 10.0. The van der Waals surface area contributed by atoms with Crippen molar-refractivity contribution >= 4 is 17.5 Å². The topological polar surface area (TPSA) is 86.3 Å². The Morgan fingerprint density at radius 1 is 0.968 bits per heavy atom. The summed E-state index contributed by atoms with van der Waals surface area (Å²) in [6, 6.07) is 10.9. The zero-order chi connectivity index (χ0) is 22.4. The molecule has 31 heavy (non-hydrogen) atoms. The number of hydrogen-bond acceptors (Lipinski definition) is 6. The van der Waals surface area contributed by atoms with E-state index in [4.69, 9.17) is 18.9 Å². The number of nitrogens with zero attached hydrogens (tertiary/aromatic N) is 1. The second kappa shape index (κ2) is 10.1. The standard InChI is InChI=1S/C23H28N2O6/c1-28-17-6-8-19(29-2)18(13-17)24-23(27)16-12-22(26)25(14-16)10-9-15-5-7-20(30-3)21(11-15)31-4/h5-8,11,13,16H,9-10,12,14H2,1-4H3,(H,24,27). The maximum absolute atomic E-state index is 12.8. The summed E-state index contributed by atoms with van der Waals surface area (Å²) in [6.07, 6.45) is 0.841. The van der Waals surface area contributed by atoms with Crippen LogP contribution in [0.1, 0.15) is 12.0 Å². The third kappa shape index (κ3) is 5.20. The largest absolute Gasteiger partial charge is 0.497 e. The van der Waals surface area contributed by atoms with Crippen LogP contribution in [0, 0.1) is 5.92 Å². The molecule has 1 saturated heterocycles. The summed E-state index contributed by atoms with van der Waals surface area (Å²) in [7, 11) is 6.27. The van der Waals surface area contributed by atoms with Gasteiger partial charge in [-0.25, -0.2) is 0 Å². The van der Waals surface area contributed by atoms with Crippen LogP contribution >= 0.6 is 0 Å². The normalized spacial score (nSPS) is 15.5. The first-order chi connectivity index (χ1) is 15.0. The SMILES string of the molecule is COc1ccc(OC)c(NC(=O)C2CC(=O)N(CCc3ccc(OC)c(OC)c3)C2)c1. The van der Waals surface area contributed by atoms with Gasteiger partial charge in [-0.3, -0.25) is 9.59 Å². The van der Waals surface area contributed by atoms with E-state index in [0.717, 1.165) is 5.56 Å². The Balaban J connectivity index is 1.60. The average Bonchev–Trinajstić information content (AvgIpc) is 3.17. The summed E-state index contributed by atoms with van der Waals surface area (Å²) in [6.45, 7) is 0.908. The summed E-state index contributed by atoms with van der Waals surface area (Å²) < 4.78 is 21.1. The summed E-state index contributed by atoms with van der Waals surface area (Å²) >= 11 is 0. The Morgan fingerprint density at radius 2 is 1.68 bits per heavy atom. The van der Waals surface area contributed by atoms with Crippen molar-refractivity contribution in [1.29, 1.82) is 0 Å². The molecule has 1 aliphatic rings. The molecule has 0 saturated carbocycles. The lowest BCUT2D eigenvalue weighted by Gasteiger charge is -2.18. The van der Waals surface area contributed by atoms with Crippen molar-refractivity contribution in [3.63, 3.8) is 0 Å². The molecule has 1 aliphatic heterocycles. The van der Waals surface area contributed by atoms with Gasteiger partial charge in [-0.1, -0.05) is 6.07 Å². The molecule has 1 atom stereocenters. The van der Waals surface area contributed by atoms with Crippen LogP contribution < -0.4 is 24.3 Å². The average molecular weight is 428 g/mol. The minimum atomic E-state index is -0.422. The van der Waals surface area contributed by atoms with E-state index in [2.05, 4.69) is 5.32 Å². The Kier molecular flexibility index (Phi) is 7.23. The smallest absolute Gasteiger partial charge is 0.229 e. The number of benzene rings is 2. The van der Waals surface area contributed by atoms with Gasteiger partial charge in [0.15, 0.2) is 11.5 Å². The van der Waals surface area contributed by atoms with E-state index >= 15 is 0 Å². The zero-order valence-corrected chi connectivity index (χ0v) is 18.3. The van der Waals surface area contributed by atoms with E-state index in [9.17, 15) is 9.59 Å². The second-order valence-electron chi connectivity index (χ2n) is 7.24. The zero-order valence-electron chi connectivity index (χ0n) is 18.3. The van der Waals surface area contributed by atoms with Gasteiger partial charge in [0.2, 0.25) is 11.8 Å². The third-order valence-electron chi connectivity index (χ3n) is 5.37. The Morgan fingerprint density at radius 3 is 2.35 bits per heavy atom. The molecule has 1 fully saturated rings. The molecule has 2 aromatic carbocycles. The predicted molar refractivity (Wildman–Crippen MR) is 116 cm³/mol. The number of anilines is 1. The molecule has 0 aliphatic carbocycles. The molecule has 166 valence electrons. The van der Waals surface area contributed by atoms with Crippen molar-refractivity contribution < 1.29 is 28.5 Å². The van der Waals surface area contributed by atoms with E-state index in [-0.39, 0.29) is 18.2 Å². The first-order valence-electron chi connectivity index (χ1n) is 10.0. The highest BCUT2D eigenvalue weighted by Crippen LogP contribution is 2.31. The van der Waals surface area contributed by atoms with Gasteiger partial charge in [-0.2, -0.15) is 0 Å². The van der Waals surface area contributed by atoms with Gasteiger partial charge in [0.25, 0.3) is 0 Å². The molecule has 8 heteroatoms. The Hall–Kier alpha value is -3.42. The molecule has 2 amide bonds. The summed E-state index contributed by atoms with van der Waals surface area (Å²) in [4.78, 5) is 27.0. The van der Waals surface area contributed by atoms with Gasteiger partial charge in [-0.05, 0) is 36.2 Å². The number of methoxy groups -OCH3 is 4. The molecule has 8 nitrogen and oxygen atoms in total. The van der Waals surface area contributed by atoms with Gasteiger partial charge in [0, 0.05) is 25.6 Å². The van der Waals surface area contributed by atoms with Crippen molar-refractivity contribution in [3.05, 3.63) is 42.0 Å². The minimum absolute atomic E-state index is 0.0294. The van der Waals surface area contributed by atoms with Crippen molar-refractivity contribution in [2.75, 3.05) is 46.8 Å². The van der Waals surface area contributed by atoms with Crippen LogP contribution in [-0.2, 0) is 16.0 Å². The van der Waals surface area contributed by atoms with Crippen LogP contribution in [0.3, 0.4) is 0 Å². The quantitative estimate of drug-likeness (QED) is 0.661. The van der Waals surface area contributed by atoms with Crippen LogP contribution in [-0.4, -0.2) is 58.2 Å². The molecular formula is C23H28N2O6. The summed E-state index contributed by atoms with van der Waals surface area (Å²) in [5, 5.41) is 2.87. The summed E-state index contributed by atoms with van der Waals surface area (Å²) in [5.41, 5.74) is 1.54. The number of ether oxygens (including phenoxy) is 4. The van der Waals surface area contributed by atoms with Gasteiger partial charge in [0.1, 0.15) is 11.5 Å². The molecular weight excluding hydrogens is 400 g/mol. The third-order valence-corrected chi connectivity index (χ3v) is 5.37. The maximum Gasteiger partial charge on any atom is 0.229 e. The fraction of sp³-hybridized carbons (Fsp3) is 0.391. The van der Waals surface area contributed by atoms with Crippen molar-refractivity contribution in [2.45, 2.75) is 12.8 Å². The molecule has 0 radical (unpaired) electrons. The highest BCUT2D eigenvalue weighted by atomic mass is 16.5. The van der Waals surface area contributed by atoms with Crippen molar-refractivity contribution in [3.8, 4) is 23.0 Å². The van der Waals surface area contributed by atoms with E-state index in [1.54, 1.807) is 44.4 Å². The Bertz CT molecular complexity index is 946. The first kappa shape index (κ1) is 22.3. The summed E-state index contributed by atoms with van der Waals surface area (Å²) in [5.74, 6) is 1.78. The second-order valence-corrected chi connectivity index (χ2v) is 7.24. The van der Waals surface area contributed by atoms with Crippen LogP contribution in [0.25, 0.3) is 0 Å². The highest BCUT2D eigenvalue weighted by molar-refractivity contribution is 5.98. The molecule has 0 aromatic heterocycles. The lowest BCUT2D eigenvalue weighted by atomic mass is 10.1. The van der Waals surface area contributed by atoms with Crippen molar-refractivity contribution in [1.82, 2.24) is 4.90 Å². The van der Waals surface area contributed by atoms with Gasteiger partial charge >= 0.3 is 0 Å².